The maximum atomic E-state index is 13.9. The van der Waals surface area contributed by atoms with Crippen LogP contribution in [-0.4, -0.2) is 80.9 Å². The summed E-state index contributed by atoms with van der Waals surface area (Å²) in [6.07, 6.45) is 0.685. The molecule has 4 aliphatic rings. The predicted octanol–water partition coefficient (Wildman–Crippen LogP) is 6.34. The Morgan fingerprint density at radius 3 is 1.81 bits per heavy atom. The van der Waals surface area contributed by atoms with Gasteiger partial charge in [0, 0.05) is 19.4 Å². The van der Waals surface area contributed by atoms with Crippen molar-refractivity contribution in [2.75, 3.05) is 6.61 Å². The highest BCUT2D eigenvalue weighted by atomic mass is 28.4. The van der Waals surface area contributed by atoms with E-state index in [1.165, 1.54) is 15.6 Å². The number of hydrogen-bond donors (Lipinski definition) is 2. The van der Waals surface area contributed by atoms with Crippen LogP contribution < -0.4 is 15.6 Å². The molecule has 54 heavy (non-hydrogen) atoms. The summed E-state index contributed by atoms with van der Waals surface area (Å²) in [6.45, 7) is 18.6. The Labute approximate surface area is 324 Å². The lowest BCUT2D eigenvalue weighted by molar-refractivity contribution is -0.302. The van der Waals surface area contributed by atoms with Crippen LogP contribution in [0.15, 0.2) is 91.0 Å². The number of epoxide rings is 1. The molecule has 2 N–H and O–H groups in total. The summed E-state index contributed by atoms with van der Waals surface area (Å²) in [6, 6.07) is 32.2. The van der Waals surface area contributed by atoms with Crippen molar-refractivity contribution in [2.45, 2.75) is 139 Å². The molecule has 0 amide bonds. The fourth-order valence-electron chi connectivity index (χ4n) is 11.2. The van der Waals surface area contributed by atoms with Crippen LogP contribution in [0.5, 0.6) is 0 Å². The smallest absolute Gasteiger partial charge is 0.261 e. The predicted molar refractivity (Wildman–Crippen MR) is 219 cm³/mol. The highest BCUT2D eigenvalue weighted by Gasteiger charge is 2.78. The van der Waals surface area contributed by atoms with Gasteiger partial charge in [-0.05, 0) is 65.9 Å². The van der Waals surface area contributed by atoms with E-state index in [0.29, 0.717) is 6.61 Å². The van der Waals surface area contributed by atoms with Crippen LogP contribution in [-0.2, 0) is 23.4 Å². The molecule has 10 atom stereocenters. The van der Waals surface area contributed by atoms with Crippen LogP contribution in [0.4, 0.5) is 0 Å². The van der Waals surface area contributed by atoms with Crippen LogP contribution in [0.1, 0.15) is 73.6 Å². The summed E-state index contributed by atoms with van der Waals surface area (Å²) in [5.74, 6) is -1.34. The van der Waals surface area contributed by atoms with Gasteiger partial charge in [0.2, 0.25) is 0 Å². The van der Waals surface area contributed by atoms with Gasteiger partial charge in [-0.2, -0.15) is 0 Å². The molecule has 9 heteroatoms. The van der Waals surface area contributed by atoms with Gasteiger partial charge in [0.05, 0.1) is 38.4 Å². The van der Waals surface area contributed by atoms with Crippen molar-refractivity contribution in [3.63, 3.8) is 0 Å². The Hall–Kier alpha value is -2.48. The number of rotatable bonds is 11. The quantitative estimate of drug-likeness (QED) is 0.174. The molecular formula is C45H62O7Si2. The maximum absolute atomic E-state index is 13.9. The van der Waals surface area contributed by atoms with Crippen LogP contribution in [0, 0.1) is 17.8 Å². The van der Waals surface area contributed by atoms with E-state index in [-0.39, 0.29) is 52.9 Å². The number of ketones is 1. The molecular weight excluding hydrogens is 709 g/mol. The van der Waals surface area contributed by atoms with Gasteiger partial charge >= 0.3 is 0 Å². The highest BCUT2D eigenvalue weighted by molar-refractivity contribution is 6.99. The Bertz CT molecular complexity index is 1710. The second kappa shape index (κ2) is 14.8. The number of hydrogen-bond acceptors (Lipinski definition) is 7. The summed E-state index contributed by atoms with van der Waals surface area (Å²) in [5, 5.41) is 26.2. The molecule has 3 aromatic rings. The zero-order valence-corrected chi connectivity index (χ0v) is 35.5. The fraction of sp³-hybridized carbons (Fsp3) is 0.578. The van der Waals surface area contributed by atoms with Crippen molar-refractivity contribution in [1.29, 1.82) is 0 Å². The first kappa shape index (κ1) is 39.7. The number of aliphatic hydroxyl groups is 2. The standard InChI is InChI=1S/C45H62O7Si2/c1-30-36(39-40(48)37(46)29-38(47)45(39)42(52-45)41(30)53(7,8)33-18-12-9-13-19-33)25-24-31-28-32(51-44(5,6)50-31)26-27-49-54(43(2,3)4,34-20-14-10-15-21-34)35-22-16-11-17-23-35/h9-23,30-32,36-39,41-42,46-47H,24-29H2,1-8H3/t30-,31-,32+,36+,37?,38?,39+,41-,42?,45?/m1/s1. The van der Waals surface area contributed by atoms with Gasteiger partial charge in [-0.3, -0.25) is 4.79 Å². The summed E-state index contributed by atoms with van der Waals surface area (Å²) in [4.78, 5) is 13.9. The molecule has 0 bridgehead atoms. The number of Topliss-reactive ketones (excluding diaryl/α,β-unsaturated/α-hetero) is 1. The molecule has 2 saturated carbocycles. The van der Waals surface area contributed by atoms with Gasteiger partial charge in [-0.15, -0.1) is 0 Å². The van der Waals surface area contributed by atoms with Gasteiger partial charge in [-0.1, -0.05) is 137 Å². The highest BCUT2D eigenvalue weighted by Crippen LogP contribution is 2.67. The molecule has 2 aliphatic heterocycles. The van der Waals surface area contributed by atoms with E-state index in [1.807, 2.05) is 13.8 Å². The minimum Gasteiger partial charge on any atom is -0.407 e. The zero-order valence-electron chi connectivity index (χ0n) is 33.5. The van der Waals surface area contributed by atoms with Crippen molar-refractivity contribution in [3.05, 3.63) is 91.0 Å². The second-order valence-corrected chi connectivity index (χ2v) is 27.7. The molecule has 292 valence electrons. The Morgan fingerprint density at radius 1 is 0.759 bits per heavy atom. The summed E-state index contributed by atoms with van der Waals surface area (Å²) < 4.78 is 27.1. The van der Waals surface area contributed by atoms with Crippen LogP contribution in [0.2, 0.25) is 23.7 Å². The third-order valence-electron chi connectivity index (χ3n) is 13.6. The number of aliphatic hydroxyl groups excluding tert-OH is 2. The van der Waals surface area contributed by atoms with Crippen molar-refractivity contribution in [3.8, 4) is 0 Å². The number of carbonyl (C=O) groups excluding carboxylic acids is 1. The van der Waals surface area contributed by atoms with Gasteiger partial charge in [-0.25, -0.2) is 0 Å². The van der Waals surface area contributed by atoms with Crippen LogP contribution in [0.25, 0.3) is 0 Å². The molecule has 2 saturated heterocycles. The van der Waals surface area contributed by atoms with Crippen molar-refractivity contribution >= 4 is 37.7 Å². The van der Waals surface area contributed by atoms with E-state index in [4.69, 9.17) is 18.6 Å². The van der Waals surface area contributed by atoms with Gasteiger partial charge in [0.25, 0.3) is 8.32 Å². The molecule has 0 radical (unpaired) electrons. The third-order valence-corrected chi connectivity index (χ3v) is 22.9. The maximum Gasteiger partial charge on any atom is 0.261 e. The molecule has 7 nitrogen and oxygen atoms in total. The molecule has 2 aliphatic carbocycles. The number of benzene rings is 3. The zero-order chi connectivity index (χ0) is 38.7. The average Bonchev–Trinajstić information content (AvgIpc) is 3.87. The lowest BCUT2D eigenvalue weighted by atomic mass is 9.58. The van der Waals surface area contributed by atoms with Crippen molar-refractivity contribution in [1.82, 2.24) is 0 Å². The summed E-state index contributed by atoms with van der Waals surface area (Å²) in [5.41, 5.74) is -0.689. The molecule has 2 heterocycles. The average molecular weight is 771 g/mol. The molecule has 4 unspecified atom stereocenters. The summed E-state index contributed by atoms with van der Waals surface area (Å²) >= 11 is 0. The Morgan fingerprint density at radius 2 is 1.28 bits per heavy atom. The van der Waals surface area contributed by atoms with Crippen LogP contribution >= 0.6 is 0 Å². The first-order chi connectivity index (χ1) is 25.5. The van der Waals surface area contributed by atoms with E-state index >= 15 is 0 Å². The minimum atomic E-state index is -2.68. The summed E-state index contributed by atoms with van der Waals surface area (Å²) in [7, 11) is -4.81. The second-order valence-electron chi connectivity index (χ2n) is 18.7. The first-order valence-corrected chi connectivity index (χ1v) is 25.3. The van der Waals surface area contributed by atoms with E-state index in [1.54, 1.807) is 0 Å². The van der Waals surface area contributed by atoms with Gasteiger partial charge in [0.1, 0.15) is 11.7 Å². The minimum absolute atomic E-state index is 0.0435. The molecule has 7 rings (SSSR count). The molecule has 1 spiro atoms. The number of ether oxygens (including phenoxy) is 3. The van der Waals surface area contributed by atoms with E-state index in [9.17, 15) is 15.0 Å². The number of carbonyl (C=O) groups is 1. The lowest BCUT2D eigenvalue weighted by Gasteiger charge is -2.51. The lowest BCUT2D eigenvalue weighted by Crippen LogP contribution is -2.66. The monoisotopic (exact) mass is 770 g/mol. The van der Waals surface area contributed by atoms with Gasteiger partial charge in [0.15, 0.2) is 11.6 Å². The normalized spacial score (nSPS) is 33.8. The largest absolute Gasteiger partial charge is 0.407 e. The molecule has 0 aromatic heterocycles. The molecule has 3 aromatic carbocycles. The fourth-order valence-corrected chi connectivity index (χ4v) is 19.8. The Balaban J connectivity index is 1.10. The van der Waals surface area contributed by atoms with Crippen molar-refractivity contribution < 1.29 is 33.6 Å². The van der Waals surface area contributed by atoms with Crippen molar-refractivity contribution in [2.24, 2.45) is 17.8 Å². The SMILES string of the molecule is C[C@@H]1[C@H](CC[C@@H]2C[C@H](CCO[Si](c3ccccc3)(c3ccccc3)C(C)(C)C)OC(C)(C)O2)[C@H]2C(=O)C(O)CC(O)C23OC3[C@@H]1[Si](C)(C)c1ccccc1. The van der Waals surface area contributed by atoms with E-state index < -0.39 is 45.9 Å². The van der Waals surface area contributed by atoms with Crippen LogP contribution in [0.3, 0.4) is 0 Å². The third kappa shape index (κ3) is 6.95. The topological polar surface area (TPSA) is 97.8 Å². The molecule has 4 fully saturated rings. The van der Waals surface area contributed by atoms with E-state index in [0.717, 1.165) is 25.7 Å². The van der Waals surface area contributed by atoms with Gasteiger partial charge < -0.3 is 28.8 Å². The Kier molecular flexibility index (Phi) is 10.9. The van der Waals surface area contributed by atoms with E-state index in [2.05, 4.69) is 132 Å². The first-order valence-electron chi connectivity index (χ1n) is 20.3.